The van der Waals surface area contributed by atoms with Crippen molar-refractivity contribution in [1.29, 1.82) is 0 Å². The fourth-order valence-corrected chi connectivity index (χ4v) is 3.43. The largest absolute Gasteiger partial charge is 0.489 e. The van der Waals surface area contributed by atoms with Gasteiger partial charge in [-0.3, -0.25) is 9.59 Å². The molecule has 3 aromatic rings. The Labute approximate surface area is 181 Å². The standard InChI is InChI=1S/C25H25NO5/c1-15-22(17(3)27)16(2)26-23(15)24(28)18(4)31-25(29)20-12-10-19(11-13-20)14-30-21-8-6-5-7-9-21/h5-13,18,26H,14H2,1-4H3/t18-/m0/s1. The number of aromatic amines is 1. The second-order valence-corrected chi connectivity index (χ2v) is 7.39. The molecule has 1 aromatic heterocycles. The molecule has 0 aliphatic rings. The molecule has 0 amide bonds. The number of aryl methyl sites for hydroxylation is 1. The molecule has 3 rings (SSSR count). The van der Waals surface area contributed by atoms with Crippen molar-refractivity contribution in [3.05, 3.63) is 88.2 Å². The topological polar surface area (TPSA) is 85.5 Å². The van der Waals surface area contributed by atoms with E-state index >= 15 is 0 Å². The third kappa shape index (κ3) is 5.09. The second-order valence-electron chi connectivity index (χ2n) is 7.39. The summed E-state index contributed by atoms with van der Waals surface area (Å²) in [4.78, 5) is 40.0. The Balaban J connectivity index is 1.62. The Morgan fingerprint density at radius 3 is 2.19 bits per heavy atom. The third-order valence-corrected chi connectivity index (χ3v) is 5.03. The fourth-order valence-electron chi connectivity index (χ4n) is 3.43. The molecule has 0 saturated heterocycles. The molecule has 0 fully saturated rings. The number of H-pyrrole nitrogens is 1. The molecule has 0 spiro atoms. The average molecular weight is 419 g/mol. The molecule has 6 heteroatoms. The minimum atomic E-state index is -0.995. The van der Waals surface area contributed by atoms with Gasteiger partial charge in [0.15, 0.2) is 11.9 Å². The second kappa shape index (κ2) is 9.43. The summed E-state index contributed by atoms with van der Waals surface area (Å²) in [5.41, 5.74) is 3.22. The van der Waals surface area contributed by atoms with Gasteiger partial charge in [0.1, 0.15) is 12.4 Å². The lowest BCUT2D eigenvalue weighted by atomic mass is 10.0. The van der Waals surface area contributed by atoms with Gasteiger partial charge in [-0.1, -0.05) is 30.3 Å². The van der Waals surface area contributed by atoms with Crippen molar-refractivity contribution in [3.63, 3.8) is 0 Å². The number of nitrogens with one attached hydrogen (secondary N) is 1. The Morgan fingerprint density at radius 2 is 1.61 bits per heavy atom. The van der Waals surface area contributed by atoms with Crippen LogP contribution in [0.15, 0.2) is 54.6 Å². The summed E-state index contributed by atoms with van der Waals surface area (Å²) in [7, 11) is 0. The number of esters is 1. The number of hydrogen-bond acceptors (Lipinski definition) is 5. The summed E-state index contributed by atoms with van der Waals surface area (Å²) in [5, 5.41) is 0. The van der Waals surface area contributed by atoms with Crippen molar-refractivity contribution in [1.82, 2.24) is 4.98 Å². The van der Waals surface area contributed by atoms with Crippen LogP contribution >= 0.6 is 0 Å². The number of rotatable bonds is 8. The maximum atomic E-state index is 12.8. The van der Waals surface area contributed by atoms with Crippen molar-refractivity contribution in [2.24, 2.45) is 0 Å². The Kier molecular flexibility index (Phi) is 6.70. The van der Waals surface area contributed by atoms with E-state index < -0.39 is 12.1 Å². The monoisotopic (exact) mass is 419 g/mol. The van der Waals surface area contributed by atoms with E-state index in [1.54, 1.807) is 38.1 Å². The molecule has 160 valence electrons. The number of ether oxygens (including phenoxy) is 2. The molecule has 31 heavy (non-hydrogen) atoms. The van der Waals surface area contributed by atoms with Crippen LogP contribution in [-0.2, 0) is 11.3 Å². The van der Waals surface area contributed by atoms with Crippen LogP contribution < -0.4 is 4.74 Å². The highest BCUT2D eigenvalue weighted by molar-refractivity contribution is 6.05. The lowest BCUT2D eigenvalue weighted by Crippen LogP contribution is -2.25. The number of benzene rings is 2. The summed E-state index contributed by atoms with van der Waals surface area (Å²) in [6, 6.07) is 16.3. The molecule has 6 nitrogen and oxygen atoms in total. The van der Waals surface area contributed by atoms with Gasteiger partial charge >= 0.3 is 5.97 Å². The van der Waals surface area contributed by atoms with Crippen LogP contribution in [0.2, 0.25) is 0 Å². The summed E-state index contributed by atoms with van der Waals surface area (Å²) in [6.45, 7) is 6.79. The molecular weight excluding hydrogens is 394 g/mol. The van der Waals surface area contributed by atoms with E-state index in [4.69, 9.17) is 9.47 Å². The van der Waals surface area contributed by atoms with Crippen LogP contribution in [0, 0.1) is 13.8 Å². The van der Waals surface area contributed by atoms with Gasteiger partial charge in [0.25, 0.3) is 0 Å². The normalized spacial score (nSPS) is 11.6. The zero-order chi connectivity index (χ0) is 22.5. The molecular formula is C25H25NO5. The summed E-state index contributed by atoms with van der Waals surface area (Å²) in [6.07, 6.45) is -0.995. The van der Waals surface area contributed by atoms with Gasteiger partial charge in [-0.05, 0) is 63.1 Å². The van der Waals surface area contributed by atoms with Gasteiger partial charge in [0.05, 0.1) is 11.3 Å². The van der Waals surface area contributed by atoms with Gasteiger partial charge in [0.2, 0.25) is 5.78 Å². The molecule has 0 bridgehead atoms. The molecule has 1 heterocycles. The number of para-hydroxylation sites is 1. The number of ketones is 2. The Hall–Kier alpha value is -3.67. The number of carbonyl (C=O) groups excluding carboxylic acids is 3. The van der Waals surface area contributed by atoms with Crippen molar-refractivity contribution in [3.8, 4) is 5.75 Å². The summed E-state index contributed by atoms with van der Waals surface area (Å²) < 4.78 is 11.1. The van der Waals surface area contributed by atoms with E-state index in [0.29, 0.717) is 29.0 Å². The van der Waals surface area contributed by atoms with Gasteiger partial charge in [-0.25, -0.2) is 4.79 Å². The molecule has 0 saturated carbocycles. The lowest BCUT2D eigenvalue weighted by molar-refractivity contribution is 0.0317. The maximum Gasteiger partial charge on any atom is 0.338 e. The molecule has 0 radical (unpaired) electrons. The number of carbonyl (C=O) groups is 3. The van der Waals surface area contributed by atoms with Gasteiger partial charge in [0, 0.05) is 11.3 Å². The highest BCUT2D eigenvalue weighted by Crippen LogP contribution is 2.21. The van der Waals surface area contributed by atoms with Crippen molar-refractivity contribution >= 4 is 17.5 Å². The number of Topliss-reactive ketones (excluding diaryl/α,β-unsaturated/α-hetero) is 2. The van der Waals surface area contributed by atoms with Gasteiger partial charge in [-0.2, -0.15) is 0 Å². The minimum absolute atomic E-state index is 0.119. The van der Waals surface area contributed by atoms with Crippen molar-refractivity contribution in [2.75, 3.05) is 0 Å². The van der Waals surface area contributed by atoms with Gasteiger partial charge in [-0.15, -0.1) is 0 Å². The van der Waals surface area contributed by atoms with Crippen molar-refractivity contribution < 1.29 is 23.9 Å². The Morgan fingerprint density at radius 1 is 0.968 bits per heavy atom. The summed E-state index contributed by atoms with van der Waals surface area (Å²) >= 11 is 0. The minimum Gasteiger partial charge on any atom is -0.489 e. The van der Waals surface area contributed by atoms with Crippen LogP contribution in [0.4, 0.5) is 0 Å². The van der Waals surface area contributed by atoms with Crippen LogP contribution in [-0.4, -0.2) is 28.6 Å². The molecule has 1 atom stereocenters. The SMILES string of the molecule is CC(=O)c1c(C)[nH]c(C(=O)[C@H](C)OC(=O)c2ccc(COc3ccccc3)cc2)c1C. The lowest BCUT2D eigenvalue weighted by Gasteiger charge is -2.13. The molecule has 0 aliphatic heterocycles. The highest BCUT2D eigenvalue weighted by Gasteiger charge is 2.26. The van der Waals surface area contributed by atoms with Crippen molar-refractivity contribution in [2.45, 2.75) is 40.4 Å². The van der Waals surface area contributed by atoms with E-state index in [0.717, 1.165) is 11.3 Å². The van der Waals surface area contributed by atoms with E-state index in [2.05, 4.69) is 4.98 Å². The van der Waals surface area contributed by atoms with E-state index in [1.165, 1.54) is 13.8 Å². The first-order chi connectivity index (χ1) is 14.8. The zero-order valence-corrected chi connectivity index (χ0v) is 18.0. The predicted octanol–water partition coefficient (Wildman–Crippen LogP) is 4.84. The highest BCUT2D eigenvalue weighted by atomic mass is 16.5. The fraction of sp³-hybridized carbons (Fsp3) is 0.240. The smallest absolute Gasteiger partial charge is 0.338 e. The Bertz CT molecular complexity index is 1100. The van der Waals surface area contributed by atoms with E-state index in [-0.39, 0.29) is 17.3 Å². The van der Waals surface area contributed by atoms with E-state index in [1.807, 2.05) is 30.3 Å². The number of aromatic nitrogens is 1. The molecule has 1 N–H and O–H groups in total. The quantitative estimate of drug-likeness (QED) is 0.417. The van der Waals surface area contributed by atoms with Crippen LogP contribution in [0.5, 0.6) is 5.75 Å². The molecule has 2 aromatic carbocycles. The predicted molar refractivity (Wildman–Crippen MR) is 117 cm³/mol. The van der Waals surface area contributed by atoms with Crippen LogP contribution in [0.25, 0.3) is 0 Å². The summed E-state index contributed by atoms with van der Waals surface area (Å²) in [5.74, 6) is -0.328. The van der Waals surface area contributed by atoms with Crippen LogP contribution in [0.1, 0.15) is 61.9 Å². The number of hydrogen-bond donors (Lipinski definition) is 1. The zero-order valence-electron chi connectivity index (χ0n) is 18.0. The molecule has 0 unspecified atom stereocenters. The average Bonchev–Trinajstić information content (AvgIpc) is 3.06. The maximum absolute atomic E-state index is 12.8. The van der Waals surface area contributed by atoms with E-state index in [9.17, 15) is 14.4 Å². The first kappa shape index (κ1) is 22.0. The molecule has 0 aliphatic carbocycles. The van der Waals surface area contributed by atoms with Crippen LogP contribution in [0.3, 0.4) is 0 Å². The first-order valence-corrected chi connectivity index (χ1v) is 10.00. The first-order valence-electron chi connectivity index (χ1n) is 10.00. The third-order valence-electron chi connectivity index (χ3n) is 5.03. The van der Waals surface area contributed by atoms with Gasteiger partial charge < -0.3 is 14.5 Å².